The molecule has 1 heterocycles. The zero-order valence-electron chi connectivity index (χ0n) is 38.4. The van der Waals surface area contributed by atoms with Gasteiger partial charge in [-0.2, -0.15) is 0 Å². The first kappa shape index (κ1) is 14.7. The van der Waals surface area contributed by atoms with Gasteiger partial charge in [0.2, 0.25) is 0 Å². The molecule has 1 aromatic heterocycles. The fraction of sp³-hybridized carbons (Fsp3) is 0. The third-order valence-electron chi connectivity index (χ3n) is 7.88. The Morgan fingerprint density at radius 2 is 0.756 bits per heavy atom. The smallest absolute Gasteiger partial charge is 0.135 e. The van der Waals surface area contributed by atoms with E-state index in [-0.39, 0.29) is 16.3 Å². The lowest BCUT2D eigenvalue weighted by Crippen LogP contribution is -1.90. The first-order valence-electron chi connectivity index (χ1n) is 21.7. The predicted molar refractivity (Wildman–Crippen MR) is 190 cm³/mol. The van der Waals surface area contributed by atoms with Gasteiger partial charge in [0.15, 0.2) is 0 Å². The maximum Gasteiger partial charge on any atom is 0.135 e. The average molecular weight is 588 g/mol. The van der Waals surface area contributed by atoms with E-state index in [9.17, 15) is 8.22 Å². The highest BCUT2D eigenvalue weighted by atomic mass is 16.3. The summed E-state index contributed by atoms with van der Waals surface area (Å²) in [4.78, 5) is 0. The highest BCUT2D eigenvalue weighted by Gasteiger charge is 2.16. The van der Waals surface area contributed by atoms with E-state index in [4.69, 9.17) is 16.8 Å². The van der Waals surface area contributed by atoms with Crippen molar-refractivity contribution in [2.75, 3.05) is 0 Å². The Balaban J connectivity index is 1.36. The monoisotopic (exact) mass is 587 g/mol. The van der Waals surface area contributed by atoms with Gasteiger partial charge in [-0.3, -0.25) is 0 Å². The van der Waals surface area contributed by atoms with Crippen LogP contribution in [-0.2, 0) is 0 Å². The molecule has 0 N–H and O–H groups in total. The van der Waals surface area contributed by atoms with Crippen molar-refractivity contribution in [1.29, 1.82) is 0 Å². The zero-order chi connectivity index (χ0) is 42.8. The Kier molecular flexibility index (Phi) is 3.39. The lowest BCUT2D eigenvalue weighted by atomic mass is 9.86. The Bertz CT molecular complexity index is 3260. The van der Waals surface area contributed by atoms with Crippen molar-refractivity contribution in [2.45, 2.75) is 0 Å². The van der Waals surface area contributed by atoms with Gasteiger partial charge in [-0.25, -0.2) is 0 Å². The largest absolute Gasteiger partial charge is 0.456 e. The van der Waals surface area contributed by atoms with Crippen molar-refractivity contribution < 1.29 is 25.0 Å². The van der Waals surface area contributed by atoms with Crippen LogP contribution in [0.4, 0.5) is 0 Å². The van der Waals surface area contributed by atoms with Gasteiger partial charge in [-0.1, -0.05) is 145 Å². The molecule has 0 saturated carbocycles. The van der Waals surface area contributed by atoms with Crippen molar-refractivity contribution in [2.24, 2.45) is 0 Å². The highest BCUT2D eigenvalue weighted by molar-refractivity contribution is 6.21. The molecule has 0 aliphatic rings. The summed E-state index contributed by atoms with van der Waals surface area (Å²) in [5.74, 6) is 0. The third kappa shape index (κ3) is 4.24. The summed E-state index contributed by atoms with van der Waals surface area (Å²) in [6.07, 6.45) is 0. The van der Waals surface area contributed by atoms with Crippen LogP contribution in [0, 0.1) is 0 Å². The second-order valence-electron chi connectivity index (χ2n) is 10.5. The molecule has 0 aliphatic heterocycles. The van der Waals surface area contributed by atoms with E-state index in [1.165, 1.54) is 0 Å². The maximum absolute atomic E-state index is 9.46. The molecule has 1 heteroatoms. The number of benzene rings is 8. The summed E-state index contributed by atoms with van der Waals surface area (Å²) in [7, 11) is 0. The Labute approximate surface area is 282 Å². The molecule has 0 amide bonds. The van der Waals surface area contributed by atoms with E-state index in [0.29, 0.717) is 16.3 Å². The summed E-state index contributed by atoms with van der Waals surface area (Å²) in [6.45, 7) is 0. The molecule has 45 heavy (non-hydrogen) atoms. The minimum Gasteiger partial charge on any atom is -0.456 e. The summed E-state index contributed by atoms with van der Waals surface area (Å²) in [6, 6.07) is 15.1. The van der Waals surface area contributed by atoms with Crippen molar-refractivity contribution >= 4 is 43.5 Å². The van der Waals surface area contributed by atoms with Crippen LogP contribution in [0.15, 0.2) is 174 Å². The summed E-state index contributed by atoms with van der Waals surface area (Å²) in [5.41, 5.74) is -0.515. The minimum absolute atomic E-state index is 0.0155. The van der Waals surface area contributed by atoms with Crippen LogP contribution in [0.25, 0.3) is 88.0 Å². The third-order valence-corrected chi connectivity index (χ3v) is 7.88. The number of rotatable bonds is 4. The Hall–Kier alpha value is -5.92. The van der Waals surface area contributed by atoms with Gasteiger partial charge < -0.3 is 4.42 Å². The number of hydrogen-bond donors (Lipinski definition) is 0. The van der Waals surface area contributed by atoms with Gasteiger partial charge >= 0.3 is 0 Å². The van der Waals surface area contributed by atoms with Crippen molar-refractivity contribution in [3.05, 3.63) is 169 Å². The van der Waals surface area contributed by atoms with Gasteiger partial charge in [-0.15, -0.1) is 0 Å². The van der Waals surface area contributed by atoms with Crippen LogP contribution in [0.1, 0.15) is 20.6 Å². The summed E-state index contributed by atoms with van der Waals surface area (Å²) in [5, 5.41) is 2.33. The van der Waals surface area contributed by atoms with E-state index in [1.807, 2.05) is 78.9 Å². The molecule has 0 spiro atoms. The molecule has 0 bridgehead atoms. The predicted octanol–water partition coefficient (Wildman–Crippen LogP) is 12.6. The van der Waals surface area contributed by atoms with E-state index < -0.39 is 124 Å². The molecule has 0 fully saturated rings. The zero-order valence-corrected chi connectivity index (χ0v) is 23.4. The molecule has 0 atom stereocenters. The first-order chi connectivity index (χ1) is 28.6. The molecule has 8 aromatic carbocycles. The van der Waals surface area contributed by atoms with Crippen LogP contribution in [0.3, 0.4) is 0 Å². The van der Waals surface area contributed by atoms with Gasteiger partial charge in [0.1, 0.15) is 11.2 Å². The fourth-order valence-corrected chi connectivity index (χ4v) is 5.90. The quantitative estimate of drug-likeness (QED) is 0.187. The molecule has 1 nitrogen and oxygen atoms in total. The second-order valence-corrected chi connectivity index (χ2v) is 10.5. The standard InChI is InChI=1S/C44H28O/c1-3-11-29(12-4-1)33-23-25-41-39(27-33)40-28-34(24-26-42(40)45-41)30-19-21-32(22-20-30)44-37-17-9-7-15-35(37)43(31-13-5-2-6-14-31)36-16-8-10-18-38(36)44/h1-28H/i1D,3D,4D,11D,12D,19D,20D,21D,22D,23D,24D,25D,26D,27D,28D. The molecular formula is C44H28O. The van der Waals surface area contributed by atoms with Gasteiger partial charge in [0, 0.05) is 10.8 Å². The van der Waals surface area contributed by atoms with Crippen LogP contribution in [-0.4, -0.2) is 0 Å². The molecular weight excluding hydrogens is 544 g/mol. The minimum atomic E-state index is -0.732. The van der Waals surface area contributed by atoms with E-state index >= 15 is 0 Å². The van der Waals surface area contributed by atoms with E-state index in [0.717, 1.165) is 21.9 Å². The van der Waals surface area contributed by atoms with Crippen molar-refractivity contribution in [3.63, 3.8) is 0 Å². The Morgan fingerprint density at radius 3 is 1.29 bits per heavy atom. The molecule has 0 saturated heterocycles. The fourth-order valence-electron chi connectivity index (χ4n) is 5.90. The molecule has 0 unspecified atom stereocenters. The van der Waals surface area contributed by atoms with Crippen molar-refractivity contribution in [1.82, 2.24) is 0 Å². The Morgan fingerprint density at radius 1 is 0.333 bits per heavy atom. The van der Waals surface area contributed by atoms with Gasteiger partial charge in [0.25, 0.3) is 0 Å². The van der Waals surface area contributed by atoms with E-state index in [1.54, 1.807) is 0 Å². The number of fused-ring (bicyclic) bond motifs is 5. The van der Waals surface area contributed by atoms with Crippen LogP contribution in [0.2, 0.25) is 0 Å². The number of furan rings is 1. The summed E-state index contributed by atoms with van der Waals surface area (Å²) < 4.78 is 139. The molecule has 210 valence electrons. The average Bonchev–Trinajstić information content (AvgIpc) is 3.67. The molecule has 0 radical (unpaired) electrons. The normalized spacial score (nSPS) is 16.2. The van der Waals surface area contributed by atoms with Gasteiger partial charge in [0.05, 0.1) is 20.6 Å². The lowest BCUT2D eigenvalue weighted by molar-refractivity contribution is 0.669. The topological polar surface area (TPSA) is 13.1 Å². The summed E-state index contributed by atoms with van der Waals surface area (Å²) >= 11 is 0. The molecule has 9 aromatic rings. The van der Waals surface area contributed by atoms with Crippen molar-refractivity contribution in [3.8, 4) is 44.5 Å². The van der Waals surface area contributed by atoms with Crippen LogP contribution >= 0.6 is 0 Å². The second kappa shape index (κ2) is 10.4. The highest BCUT2D eigenvalue weighted by Crippen LogP contribution is 2.44. The molecule has 9 rings (SSSR count). The SMILES string of the molecule is [2H]c1c([2H])c([2H])c(-c2c([2H])c([2H])c3oc4c([2H])c([2H])c(-c5c([2H])c([2H])c(-c6c7ccccc7c(-c7ccccc7)c7ccccc67)c([2H])c5[2H])c([2H])c4c3c2[2H])c([2H])c1[2H]. The lowest BCUT2D eigenvalue weighted by Gasteiger charge is -2.18. The first-order valence-corrected chi connectivity index (χ1v) is 14.2. The van der Waals surface area contributed by atoms with Crippen LogP contribution in [0.5, 0.6) is 0 Å². The number of hydrogen-bond acceptors (Lipinski definition) is 1. The molecule has 0 aliphatic carbocycles. The van der Waals surface area contributed by atoms with Gasteiger partial charge in [-0.05, 0) is 90.2 Å². The van der Waals surface area contributed by atoms with E-state index in [2.05, 4.69) is 0 Å². The van der Waals surface area contributed by atoms with Crippen LogP contribution < -0.4 is 0 Å². The maximum atomic E-state index is 9.46.